The standard InChI is InChI=1S/C19H26ClNO5/c1-12(15-6-8-16(20)9-7-15)21-18(22)13(2)26-19(23)14(3)25-11-17-5-4-10-24-17/h6-9,12-14,17H,4-5,10-11H2,1-3H3,(H,21,22). The molecule has 0 spiro atoms. The predicted octanol–water partition coefficient (Wildman–Crippen LogP) is 3.03. The Kier molecular flexibility index (Phi) is 7.87. The van der Waals surface area contributed by atoms with Gasteiger partial charge in [-0.25, -0.2) is 4.79 Å². The van der Waals surface area contributed by atoms with Gasteiger partial charge in [-0.1, -0.05) is 23.7 Å². The molecule has 0 bridgehead atoms. The van der Waals surface area contributed by atoms with E-state index in [1.807, 2.05) is 19.1 Å². The normalized spacial score (nSPS) is 20.2. The van der Waals surface area contributed by atoms with Crippen LogP contribution in [-0.4, -0.2) is 43.4 Å². The first kappa shape index (κ1) is 20.7. The molecule has 1 aliphatic heterocycles. The SMILES string of the molecule is CC(OC(=O)C(C)OCC1CCCO1)C(=O)NC(C)c1ccc(Cl)cc1. The van der Waals surface area contributed by atoms with Gasteiger partial charge in [-0.3, -0.25) is 4.79 Å². The molecule has 0 aromatic heterocycles. The van der Waals surface area contributed by atoms with Crippen LogP contribution >= 0.6 is 11.6 Å². The van der Waals surface area contributed by atoms with Crippen molar-refractivity contribution in [2.45, 2.75) is 58.0 Å². The van der Waals surface area contributed by atoms with E-state index < -0.39 is 18.2 Å². The third kappa shape index (κ3) is 6.27. The van der Waals surface area contributed by atoms with Gasteiger partial charge >= 0.3 is 5.97 Å². The quantitative estimate of drug-likeness (QED) is 0.698. The summed E-state index contributed by atoms with van der Waals surface area (Å²) in [5, 5.41) is 3.45. The first-order valence-electron chi connectivity index (χ1n) is 8.86. The third-order valence-corrected chi connectivity index (χ3v) is 4.53. The lowest BCUT2D eigenvalue weighted by Crippen LogP contribution is -2.39. The van der Waals surface area contributed by atoms with E-state index >= 15 is 0 Å². The minimum atomic E-state index is -0.911. The Morgan fingerprint density at radius 3 is 2.54 bits per heavy atom. The zero-order valence-electron chi connectivity index (χ0n) is 15.4. The van der Waals surface area contributed by atoms with Crippen LogP contribution in [0.15, 0.2) is 24.3 Å². The van der Waals surface area contributed by atoms with Crippen molar-refractivity contribution >= 4 is 23.5 Å². The fourth-order valence-corrected chi connectivity index (χ4v) is 2.71. The first-order valence-corrected chi connectivity index (χ1v) is 9.24. The maximum Gasteiger partial charge on any atom is 0.335 e. The van der Waals surface area contributed by atoms with Gasteiger partial charge in [0.05, 0.1) is 18.8 Å². The van der Waals surface area contributed by atoms with Crippen LogP contribution < -0.4 is 5.32 Å². The highest BCUT2D eigenvalue weighted by molar-refractivity contribution is 6.30. The number of benzene rings is 1. The zero-order chi connectivity index (χ0) is 19.1. The maximum absolute atomic E-state index is 12.2. The number of carbonyl (C=O) groups excluding carboxylic acids is 2. The molecule has 1 aliphatic rings. The van der Waals surface area contributed by atoms with Crippen molar-refractivity contribution < 1.29 is 23.8 Å². The van der Waals surface area contributed by atoms with E-state index in [4.69, 9.17) is 25.8 Å². The van der Waals surface area contributed by atoms with E-state index in [-0.39, 0.29) is 18.1 Å². The molecule has 1 amide bonds. The molecular weight excluding hydrogens is 358 g/mol. The van der Waals surface area contributed by atoms with Crippen molar-refractivity contribution in [3.8, 4) is 0 Å². The molecule has 1 aromatic rings. The van der Waals surface area contributed by atoms with Gasteiger partial charge in [0.1, 0.15) is 0 Å². The van der Waals surface area contributed by atoms with Crippen LogP contribution in [0.3, 0.4) is 0 Å². The molecule has 1 saturated heterocycles. The summed E-state index contributed by atoms with van der Waals surface area (Å²) in [5.41, 5.74) is 0.912. The maximum atomic E-state index is 12.2. The van der Waals surface area contributed by atoms with Crippen molar-refractivity contribution in [3.63, 3.8) is 0 Å². The van der Waals surface area contributed by atoms with Gasteiger partial charge in [0.25, 0.3) is 5.91 Å². The van der Waals surface area contributed by atoms with Crippen LogP contribution in [0.4, 0.5) is 0 Å². The first-order chi connectivity index (χ1) is 12.4. The molecule has 7 heteroatoms. The van der Waals surface area contributed by atoms with Gasteiger partial charge in [-0.2, -0.15) is 0 Å². The van der Waals surface area contributed by atoms with Crippen molar-refractivity contribution in [2.75, 3.05) is 13.2 Å². The van der Waals surface area contributed by atoms with Crippen molar-refractivity contribution in [3.05, 3.63) is 34.9 Å². The fraction of sp³-hybridized carbons (Fsp3) is 0.579. The number of esters is 1. The number of hydrogen-bond donors (Lipinski definition) is 1. The predicted molar refractivity (Wildman–Crippen MR) is 98.0 cm³/mol. The monoisotopic (exact) mass is 383 g/mol. The molecule has 0 radical (unpaired) electrons. The average Bonchev–Trinajstić information content (AvgIpc) is 3.13. The van der Waals surface area contributed by atoms with Crippen LogP contribution in [0, 0.1) is 0 Å². The zero-order valence-corrected chi connectivity index (χ0v) is 16.1. The number of amides is 1. The van der Waals surface area contributed by atoms with Crippen molar-refractivity contribution in [1.29, 1.82) is 0 Å². The van der Waals surface area contributed by atoms with Crippen molar-refractivity contribution in [2.24, 2.45) is 0 Å². The minimum absolute atomic E-state index is 0.0335. The van der Waals surface area contributed by atoms with E-state index in [9.17, 15) is 9.59 Å². The molecule has 4 unspecified atom stereocenters. The van der Waals surface area contributed by atoms with E-state index in [0.29, 0.717) is 11.6 Å². The average molecular weight is 384 g/mol. The van der Waals surface area contributed by atoms with Crippen LogP contribution in [0.5, 0.6) is 0 Å². The molecule has 6 nitrogen and oxygen atoms in total. The van der Waals surface area contributed by atoms with Crippen LogP contribution in [0.25, 0.3) is 0 Å². The molecule has 4 atom stereocenters. The number of carbonyl (C=O) groups is 2. The lowest BCUT2D eigenvalue weighted by Gasteiger charge is -2.20. The highest BCUT2D eigenvalue weighted by Crippen LogP contribution is 2.16. The second-order valence-electron chi connectivity index (χ2n) is 6.47. The summed E-state index contributed by atoms with van der Waals surface area (Å²) in [5.74, 6) is -0.933. The van der Waals surface area contributed by atoms with Crippen LogP contribution in [0.2, 0.25) is 5.02 Å². The van der Waals surface area contributed by atoms with Gasteiger partial charge in [0, 0.05) is 11.6 Å². The van der Waals surface area contributed by atoms with Gasteiger partial charge in [0.2, 0.25) is 0 Å². The van der Waals surface area contributed by atoms with E-state index in [1.165, 1.54) is 6.92 Å². The highest BCUT2D eigenvalue weighted by atomic mass is 35.5. The molecule has 1 fully saturated rings. The molecule has 2 rings (SSSR count). The topological polar surface area (TPSA) is 73.9 Å². The Bertz CT molecular complexity index is 600. The number of halogens is 1. The minimum Gasteiger partial charge on any atom is -0.451 e. The fourth-order valence-electron chi connectivity index (χ4n) is 2.58. The van der Waals surface area contributed by atoms with Gasteiger partial charge in [0.15, 0.2) is 12.2 Å². The van der Waals surface area contributed by atoms with Crippen LogP contribution in [0.1, 0.15) is 45.2 Å². The second kappa shape index (κ2) is 9.90. The Hall–Kier alpha value is -1.63. The molecule has 144 valence electrons. The molecule has 1 heterocycles. The van der Waals surface area contributed by atoms with E-state index in [2.05, 4.69) is 5.32 Å². The van der Waals surface area contributed by atoms with Crippen molar-refractivity contribution in [1.82, 2.24) is 5.32 Å². The number of hydrogen-bond acceptors (Lipinski definition) is 5. The number of rotatable bonds is 8. The second-order valence-corrected chi connectivity index (χ2v) is 6.91. The van der Waals surface area contributed by atoms with Gasteiger partial charge in [-0.05, 0) is 51.3 Å². The summed E-state index contributed by atoms with van der Waals surface area (Å²) in [6.45, 7) is 6.08. The Labute approximate surface area is 159 Å². The third-order valence-electron chi connectivity index (χ3n) is 4.28. The largest absolute Gasteiger partial charge is 0.451 e. The summed E-state index contributed by atoms with van der Waals surface area (Å²) in [6, 6.07) is 6.97. The number of ether oxygens (including phenoxy) is 3. The summed E-state index contributed by atoms with van der Waals surface area (Å²) >= 11 is 5.86. The van der Waals surface area contributed by atoms with Gasteiger partial charge in [-0.15, -0.1) is 0 Å². The molecular formula is C19H26ClNO5. The Morgan fingerprint density at radius 1 is 1.23 bits per heavy atom. The highest BCUT2D eigenvalue weighted by Gasteiger charge is 2.25. The summed E-state index contributed by atoms with van der Waals surface area (Å²) < 4.78 is 16.1. The van der Waals surface area contributed by atoms with Gasteiger partial charge < -0.3 is 19.5 Å². The number of nitrogens with one attached hydrogen (secondary N) is 1. The molecule has 0 saturated carbocycles. The molecule has 26 heavy (non-hydrogen) atoms. The van der Waals surface area contributed by atoms with E-state index in [0.717, 1.165) is 25.0 Å². The molecule has 0 aliphatic carbocycles. The molecule has 1 N–H and O–H groups in total. The lowest BCUT2D eigenvalue weighted by molar-refractivity contribution is -0.166. The summed E-state index contributed by atoms with van der Waals surface area (Å²) in [6.07, 6.45) is 0.319. The smallest absolute Gasteiger partial charge is 0.335 e. The Balaban J connectivity index is 1.75. The molecule has 1 aromatic carbocycles. The van der Waals surface area contributed by atoms with E-state index in [1.54, 1.807) is 19.1 Å². The lowest BCUT2D eigenvalue weighted by atomic mass is 10.1. The van der Waals surface area contributed by atoms with Crippen LogP contribution in [-0.2, 0) is 23.8 Å². The summed E-state index contributed by atoms with van der Waals surface area (Å²) in [4.78, 5) is 24.3. The summed E-state index contributed by atoms with van der Waals surface area (Å²) in [7, 11) is 0. The Morgan fingerprint density at radius 2 is 1.92 bits per heavy atom.